The molecule has 3 nitrogen and oxygen atoms in total. The average molecular weight is 276 g/mol. The summed E-state index contributed by atoms with van der Waals surface area (Å²) in [6.07, 6.45) is 2.52. The van der Waals surface area contributed by atoms with Crippen LogP contribution in [0.3, 0.4) is 0 Å². The van der Waals surface area contributed by atoms with Crippen LogP contribution >= 0.6 is 11.6 Å². The lowest BCUT2D eigenvalue weighted by atomic mass is 9.82. The molecule has 0 saturated carbocycles. The van der Waals surface area contributed by atoms with Crippen molar-refractivity contribution in [2.75, 3.05) is 5.73 Å². The largest absolute Gasteiger partial charge is 0.382 e. The van der Waals surface area contributed by atoms with Gasteiger partial charge in [0.2, 0.25) is 0 Å². The maximum atomic E-state index is 6.13. The van der Waals surface area contributed by atoms with Crippen LogP contribution in [0.25, 0.3) is 11.3 Å². The molecule has 0 aliphatic carbocycles. The number of anilines is 1. The van der Waals surface area contributed by atoms with Gasteiger partial charge in [-0.2, -0.15) is 0 Å². The van der Waals surface area contributed by atoms with Gasteiger partial charge in [-0.05, 0) is 17.4 Å². The molecule has 0 aliphatic rings. The third kappa shape index (κ3) is 2.71. The van der Waals surface area contributed by atoms with Crippen molar-refractivity contribution in [2.24, 2.45) is 0 Å². The van der Waals surface area contributed by atoms with Gasteiger partial charge in [0, 0.05) is 5.56 Å². The minimum atomic E-state index is 0.174. The van der Waals surface area contributed by atoms with E-state index < -0.39 is 0 Å². The third-order valence-electron chi connectivity index (χ3n) is 3.64. The monoisotopic (exact) mass is 275 g/mol. The molecule has 0 unspecified atom stereocenters. The van der Waals surface area contributed by atoms with Gasteiger partial charge in [-0.3, -0.25) is 0 Å². The Labute approximate surface area is 118 Å². The molecule has 0 fully saturated rings. The first kappa shape index (κ1) is 13.8. The van der Waals surface area contributed by atoms with Crippen LogP contribution < -0.4 is 5.73 Å². The van der Waals surface area contributed by atoms with Crippen LogP contribution in [0.15, 0.2) is 30.6 Å². The minimum absolute atomic E-state index is 0.174. The van der Waals surface area contributed by atoms with E-state index in [9.17, 15) is 0 Å². The highest BCUT2D eigenvalue weighted by atomic mass is 35.5. The molecule has 2 rings (SSSR count). The number of hydrogen-bond acceptors (Lipinski definition) is 3. The Kier molecular flexibility index (Phi) is 3.76. The second kappa shape index (κ2) is 5.17. The van der Waals surface area contributed by atoms with Crippen molar-refractivity contribution in [3.63, 3.8) is 0 Å². The van der Waals surface area contributed by atoms with E-state index in [1.165, 1.54) is 11.9 Å². The van der Waals surface area contributed by atoms with Crippen molar-refractivity contribution in [1.29, 1.82) is 0 Å². The number of aromatic nitrogens is 2. The maximum Gasteiger partial charge on any atom is 0.146 e. The van der Waals surface area contributed by atoms with Crippen LogP contribution in [0.5, 0.6) is 0 Å². The number of nitrogens with two attached hydrogens (primary N) is 1. The zero-order valence-electron chi connectivity index (χ0n) is 11.4. The van der Waals surface area contributed by atoms with Crippen LogP contribution in [0.1, 0.15) is 32.8 Å². The van der Waals surface area contributed by atoms with E-state index in [0.29, 0.717) is 16.5 Å². The molecule has 0 radical (unpaired) electrons. The molecule has 100 valence electrons. The van der Waals surface area contributed by atoms with Gasteiger partial charge >= 0.3 is 0 Å². The zero-order chi connectivity index (χ0) is 14.0. The molecule has 2 N–H and O–H groups in total. The van der Waals surface area contributed by atoms with Crippen molar-refractivity contribution in [3.8, 4) is 11.3 Å². The zero-order valence-corrected chi connectivity index (χ0v) is 12.2. The Morgan fingerprint density at radius 1 is 1.16 bits per heavy atom. The van der Waals surface area contributed by atoms with Crippen LogP contribution in [-0.4, -0.2) is 9.97 Å². The first-order valence-electron chi connectivity index (χ1n) is 6.32. The van der Waals surface area contributed by atoms with Gasteiger partial charge in [0.25, 0.3) is 0 Å². The van der Waals surface area contributed by atoms with Crippen LogP contribution in [0, 0.1) is 0 Å². The second-order valence-electron chi connectivity index (χ2n) is 5.24. The molecule has 0 saturated heterocycles. The number of halogens is 1. The highest BCUT2D eigenvalue weighted by Gasteiger charge is 2.18. The van der Waals surface area contributed by atoms with Crippen LogP contribution in [0.2, 0.25) is 5.02 Å². The molecule has 0 bridgehead atoms. The predicted molar refractivity (Wildman–Crippen MR) is 80.2 cm³/mol. The van der Waals surface area contributed by atoms with Gasteiger partial charge in [-0.25, -0.2) is 9.97 Å². The molecule has 0 atom stereocenters. The molecule has 1 aromatic carbocycles. The number of nitrogens with zero attached hydrogens (tertiary/aromatic N) is 2. The van der Waals surface area contributed by atoms with Gasteiger partial charge in [0.15, 0.2) is 0 Å². The molecular weight excluding hydrogens is 258 g/mol. The summed E-state index contributed by atoms with van der Waals surface area (Å²) in [5.74, 6) is 0.310. The average Bonchev–Trinajstić information content (AvgIpc) is 2.42. The smallest absolute Gasteiger partial charge is 0.146 e. The summed E-state index contributed by atoms with van der Waals surface area (Å²) in [5.41, 5.74) is 8.80. The Hall–Kier alpha value is -1.61. The molecule has 4 heteroatoms. The molecule has 1 aromatic heterocycles. The summed E-state index contributed by atoms with van der Waals surface area (Å²) in [6, 6.07) is 8.29. The normalized spacial score (nSPS) is 11.6. The lowest BCUT2D eigenvalue weighted by Gasteiger charge is -2.23. The molecule has 0 spiro atoms. The van der Waals surface area contributed by atoms with E-state index in [0.717, 1.165) is 12.0 Å². The van der Waals surface area contributed by atoms with E-state index in [-0.39, 0.29) is 5.41 Å². The predicted octanol–water partition coefficient (Wildman–Crippen LogP) is 4.07. The second-order valence-corrected chi connectivity index (χ2v) is 5.61. The van der Waals surface area contributed by atoms with E-state index in [1.807, 2.05) is 12.1 Å². The van der Waals surface area contributed by atoms with Crippen molar-refractivity contribution in [3.05, 3.63) is 41.2 Å². The summed E-state index contributed by atoms with van der Waals surface area (Å²) in [7, 11) is 0. The minimum Gasteiger partial charge on any atom is -0.382 e. The standard InChI is InChI=1S/C15H18ClN3/c1-4-15(2,3)11-7-5-10(6-8-11)13-12(16)14(17)19-9-18-13/h5-9H,4H2,1-3H3,(H2,17,18,19). The molecule has 1 heterocycles. The number of benzene rings is 1. The maximum absolute atomic E-state index is 6.13. The highest BCUT2D eigenvalue weighted by Crippen LogP contribution is 2.31. The fourth-order valence-electron chi connectivity index (χ4n) is 1.87. The Bertz CT molecular complexity index is 576. The third-order valence-corrected chi connectivity index (χ3v) is 4.01. The van der Waals surface area contributed by atoms with E-state index in [4.69, 9.17) is 17.3 Å². The van der Waals surface area contributed by atoms with Crippen molar-refractivity contribution in [1.82, 2.24) is 9.97 Å². The first-order valence-corrected chi connectivity index (χ1v) is 6.70. The molecule has 19 heavy (non-hydrogen) atoms. The van der Waals surface area contributed by atoms with Gasteiger partial charge in [0.05, 0.1) is 5.69 Å². The van der Waals surface area contributed by atoms with Crippen molar-refractivity contribution < 1.29 is 0 Å². The van der Waals surface area contributed by atoms with Gasteiger partial charge < -0.3 is 5.73 Å². The Balaban J connectivity index is 2.41. The van der Waals surface area contributed by atoms with Gasteiger partial charge in [-0.15, -0.1) is 0 Å². The summed E-state index contributed by atoms with van der Waals surface area (Å²) in [5, 5.41) is 0.407. The van der Waals surface area contributed by atoms with Crippen molar-refractivity contribution >= 4 is 17.4 Å². The fourth-order valence-corrected chi connectivity index (χ4v) is 2.07. The number of hydrogen-bond donors (Lipinski definition) is 1. The Morgan fingerprint density at radius 3 is 2.37 bits per heavy atom. The summed E-state index contributed by atoms with van der Waals surface area (Å²) >= 11 is 6.13. The van der Waals surface area contributed by atoms with Gasteiger partial charge in [-0.1, -0.05) is 56.6 Å². The van der Waals surface area contributed by atoms with Crippen molar-refractivity contribution in [2.45, 2.75) is 32.6 Å². The molecule has 0 amide bonds. The molecule has 0 aliphatic heterocycles. The summed E-state index contributed by atoms with van der Waals surface area (Å²) in [6.45, 7) is 6.66. The topological polar surface area (TPSA) is 51.8 Å². The molecule has 2 aromatic rings. The summed E-state index contributed by atoms with van der Waals surface area (Å²) < 4.78 is 0. The lowest BCUT2D eigenvalue weighted by molar-refractivity contribution is 0.506. The summed E-state index contributed by atoms with van der Waals surface area (Å²) in [4.78, 5) is 8.07. The quantitative estimate of drug-likeness (QED) is 0.919. The SMILES string of the molecule is CCC(C)(C)c1ccc(-c2ncnc(N)c2Cl)cc1. The highest BCUT2D eigenvalue weighted by molar-refractivity contribution is 6.35. The van der Waals surface area contributed by atoms with Gasteiger partial charge in [0.1, 0.15) is 17.2 Å². The van der Waals surface area contributed by atoms with E-state index in [1.54, 1.807) is 0 Å². The Morgan fingerprint density at radius 2 is 1.79 bits per heavy atom. The number of nitrogen functional groups attached to an aromatic ring is 1. The van der Waals surface area contributed by atoms with E-state index >= 15 is 0 Å². The van der Waals surface area contributed by atoms with Crippen LogP contribution in [-0.2, 0) is 5.41 Å². The van der Waals surface area contributed by atoms with Crippen LogP contribution in [0.4, 0.5) is 5.82 Å². The van der Waals surface area contributed by atoms with E-state index in [2.05, 4.69) is 42.9 Å². The molecular formula is C15H18ClN3. The fraction of sp³-hybridized carbons (Fsp3) is 0.333. The first-order chi connectivity index (χ1) is 8.95. The number of rotatable bonds is 3. The lowest BCUT2D eigenvalue weighted by Crippen LogP contribution is -2.15.